The zero-order chi connectivity index (χ0) is 16.1. The summed E-state index contributed by atoms with van der Waals surface area (Å²) < 4.78 is 4.94. The van der Waals surface area contributed by atoms with Crippen molar-refractivity contribution in [3.63, 3.8) is 0 Å². The number of unbranched alkanes of at least 4 members (excludes halogenated alkanes) is 1. The molecule has 3 rings (SSSR count). The zero-order valence-corrected chi connectivity index (χ0v) is 18.2. The van der Waals surface area contributed by atoms with Crippen molar-refractivity contribution >= 4 is 41.2 Å². The molecule has 0 bridgehead atoms. The molecule has 0 radical (unpaired) electrons. The van der Waals surface area contributed by atoms with Crippen LogP contribution in [0.2, 0.25) is 0 Å². The van der Waals surface area contributed by atoms with Gasteiger partial charge in [0.05, 0.1) is 0 Å². The summed E-state index contributed by atoms with van der Waals surface area (Å²) in [5.74, 6) is 0. The maximum atomic E-state index is 3.72. The first-order valence-electron chi connectivity index (χ1n) is 8.64. The third-order valence-corrected chi connectivity index (χ3v) is 6.19. The van der Waals surface area contributed by atoms with Crippen molar-refractivity contribution < 1.29 is 19.4 Å². The van der Waals surface area contributed by atoms with E-state index in [2.05, 4.69) is 66.2 Å². The number of allylic oxidation sites excluding steroid dienone is 4. The van der Waals surface area contributed by atoms with Gasteiger partial charge in [-0.2, -0.15) is 0 Å². The maximum absolute atomic E-state index is 3.72. The molecule has 1 nitrogen and oxygen atoms in total. The Morgan fingerprint density at radius 1 is 1.08 bits per heavy atom. The van der Waals surface area contributed by atoms with Crippen LogP contribution in [-0.4, -0.2) is 6.54 Å². The number of halogens is 2. The van der Waals surface area contributed by atoms with Crippen molar-refractivity contribution in [3.8, 4) is 0 Å². The van der Waals surface area contributed by atoms with Crippen molar-refractivity contribution in [2.75, 3.05) is 6.54 Å². The van der Waals surface area contributed by atoms with Crippen molar-refractivity contribution in [1.82, 2.24) is 3.80 Å². The maximum Gasteiger partial charge on any atom is -0.147 e. The average Bonchev–Trinajstić information content (AvgIpc) is 3.00. The summed E-state index contributed by atoms with van der Waals surface area (Å²) >= 11 is -0.123. The molecule has 0 saturated carbocycles. The van der Waals surface area contributed by atoms with Gasteiger partial charge in [-0.1, -0.05) is 0 Å². The second-order valence-electron chi connectivity index (χ2n) is 6.21. The molecule has 0 saturated heterocycles. The number of fused-ring (bicyclic) bond motifs is 1. The van der Waals surface area contributed by atoms with E-state index in [1.165, 1.54) is 51.6 Å². The van der Waals surface area contributed by atoms with E-state index in [0.29, 0.717) is 0 Å². The average molecular weight is 412 g/mol. The van der Waals surface area contributed by atoms with Crippen LogP contribution in [0.15, 0.2) is 54.1 Å². The smallest absolute Gasteiger partial charge is 0.147 e. The van der Waals surface area contributed by atoms with Gasteiger partial charge in [0.15, 0.2) is 0 Å². The molecule has 0 atom stereocenters. The second kappa shape index (κ2) is 11.2. The summed E-state index contributed by atoms with van der Waals surface area (Å²) in [6, 6.07) is 13.5. The zero-order valence-electron chi connectivity index (χ0n) is 15.0. The van der Waals surface area contributed by atoms with Gasteiger partial charge in [0.1, 0.15) is 0 Å². The Labute approximate surface area is 173 Å². The van der Waals surface area contributed by atoms with Gasteiger partial charge in [-0.25, -0.2) is 0 Å². The Kier molecular flexibility index (Phi) is 10.1. The molecule has 1 aliphatic carbocycles. The summed E-state index contributed by atoms with van der Waals surface area (Å²) in [5, 5.41) is 2.81. The minimum Gasteiger partial charge on any atom is -0.147 e. The predicted octanol–water partition coefficient (Wildman–Crippen LogP) is 6.30. The van der Waals surface area contributed by atoms with E-state index in [1.807, 2.05) is 0 Å². The molecule has 1 N–H and O–H groups in total. The number of benzene rings is 2. The SMILES string of the molecule is CCCC[NH][Ti][CH2]c1c(C2=C(C)C=CC2)ccc2ccccc12.Cl.Cl. The van der Waals surface area contributed by atoms with Crippen molar-refractivity contribution in [3.05, 3.63) is 65.3 Å². The molecule has 2 aromatic rings. The summed E-state index contributed by atoms with van der Waals surface area (Å²) in [4.78, 5) is 0. The van der Waals surface area contributed by atoms with Crippen LogP contribution in [0.3, 0.4) is 0 Å². The molecule has 0 aliphatic heterocycles. The normalized spacial score (nSPS) is 12.9. The summed E-state index contributed by atoms with van der Waals surface area (Å²) in [5.41, 5.74) is 5.99. The summed E-state index contributed by atoms with van der Waals surface area (Å²) in [6.45, 7) is 5.68. The number of hydrogen-bond acceptors (Lipinski definition) is 1. The Balaban J connectivity index is 0.00000156. The molecule has 0 spiro atoms. The molecule has 0 amide bonds. The van der Waals surface area contributed by atoms with Crippen LogP contribution in [0.4, 0.5) is 0 Å². The van der Waals surface area contributed by atoms with E-state index in [4.69, 9.17) is 0 Å². The van der Waals surface area contributed by atoms with Crippen LogP contribution in [0.5, 0.6) is 0 Å². The molecule has 134 valence electrons. The van der Waals surface area contributed by atoms with Gasteiger partial charge in [0, 0.05) is 0 Å². The van der Waals surface area contributed by atoms with E-state index >= 15 is 0 Å². The Morgan fingerprint density at radius 3 is 2.60 bits per heavy atom. The molecule has 0 heterocycles. The van der Waals surface area contributed by atoms with Gasteiger partial charge >= 0.3 is 149 Å². The Hall–Kier alpha value is -0.566. The van der Waals surface area contributed by atoms with Gasteiger partial charge in [0.25, 0.3) is 0 Å². The fourth-order valence-electron chi connectivity index (χ4n) is 3.25. The predicted molar refractivity (Wildman–Crippen MR) is 111 cm³/mol. The van der Waals surface area contributed by atoms with Crippen molar-refractivity contribution in [1.29, 1.82) is 0 Å². The number of rotatable bonds is 7. The van der Waals surface area contributed by atoms with Gasteiger partial charge in [-0.15, -0.1) is 24.8 Å². The molecule has 1 aliphatic rings. The third kappa shape index (κ3) is 5.45. The van der Waals surface area contributed by atoms with Crippen LogP contribution in [0.1, 0.15) is 44.2 Å². The van der Waals surface area contributed by atoms with Crippen LogP contribution in [0.25, 0.3) is 16.3 Å². The van der Waals surface area contributed by atoms with Gasteiger partial charge in [0.2, 0.25) is 0 Å². The first-order valence-corrected chi connectivity index (χ1v) is 10.5. The fraction of sp³-hybridized carbons (Fsp3) is 0.333. The number of hydrogen-bond donors (Lipinski definition) is 1. The Bertz CT molecular complexity index is 753. The molecule has 0 unspecified atom stereocenters. The molecule has 4 heteroatoms. The van der Waals surface area contributed by atoms with Gasteiger partial charge < -0.3 is 0 Å². The van der Waals surface area contributed by atoms with E-state index < -0.39 is 0 Å². The first-order chi connectivity index (χ1) is 11.3. The molecule has 0 aromatic heterocycles. The molecular formula is C21H27Cl2NTi. The fourth-order valence-corrected chi connectivity index (χ4v) is 4.87. The first kappa shape index (κ1) is 22.5. The van der Waals surface area contributed by atoms with Crippen LogP contribution in [-0.2, 0) is 24.1 Å². The van der Waals surface area contributed by atoms with Gasteiger partial charge in [-0.3, -0.25) is 0 Å². The van der Waals surface area contributed by atoms with Gasteiger partial charge in [-0.05, 0) is 0 Å². The molecule has 0 fully saturated rings. The molecular weight excluding hydrogens is 385 g/mol. The van der Waals surface area contributed by atoms with Crippen LogP contribution in [0, 0.1) is 0 Å². The monoisotopic (exact) mass is 411 g/mol. The van der Waals surface area contributed by atoms with Crippen LogP contribution < -0.4 is 3.80 Å². The summed E-state index contributed by atoms with van der Waals surface area (Å²) in [7, 11) is 0. The molecule has 25 heavy (non-hydrogen) atoms. The largest absolute Gasteiger partial charge is 0.147 e. The third-order valence-electron chi connectivity index (χ3n) is 4.58. The number of nitrogens with one attached hydrogen (secondary N) is 1. The van der Waals surface area contributed by atoms with Crippen molar-refractivity contribution in [2.24, 2.45) is 0 Å². The molecule has 2 aromatic carbocycles. The van der Waals surface area contributed by atoms with E-state index in [-0.39, 0.29) is 44.2 Å². The topological polar surface area (TPSA) is 12.0 Å². The summed E-state index contributed by atoms with van der Waals surface area (Å²) in [6.07, 6.45) is 8.21. The van der Waals surface area contributed by atoms with E-state index in [0.717, 1.165) is 6.42 Å². The minimum atomic E-state index is -0.123. The van der Waals surface area contributed by atoms with Crippen molar-refractivity contribution in [2.45, 2.75) is 37.8 Å². The second-order valence-corrected chi connectivity index (χ2v) is 7.87. The minimum absolute atomic E-state index is 0. The van der Waals surface area contributed by atoms with Crippen LogP contribution >= 0.6 is 24.8 Å². The van der Waals surface area contributed by atoms with E-state index in [9.17, 15) is 0 Å². The van der Waals surface area contributed by atoms with E-state index in [1.54, 1.807) is 5.56 Å². The standard InChI is InChI=1S/C17H15.C4H10N.2ClH.Ti/c1-12-6-5-9-15(12)17-11-10-14-7-3-4-8-16(14)13(17)2;1-2-3-4-5;;;/h3-8,10-11H,2,9H2,1H3;5H,2-4H2,1H3;2*1H;/q;-1;;;+1. The Morgan fingerprint density at radius 2 is 1.88 bits per heavy atom. The quantitative estimate of drug-likeness (QED) is 0.416.